The molecule has 43 heavy (non-hydrogen) atoms. The van der Waals surface area contributed by atoms with E-state index >= 15 is 0 Å². The van der Waals surface area contributed by atoms with E-state index in [2.05, 4.69) is 27.7 Å². The molecule has 5 fully saturated rings. The van der Waals surface area contributed by atoms with Crippen LogP contribution in [0.3, 0.4) is 0 Å². The van der Waals surface area contributed by atoms with E-state index in [4.69, 9.17) is 9.47 Å². The molecule has 5 aliphatic rings. The summed E-state index contributed by atoms with van der Waals surface area (Å²) in [6.07, 6.45) is -2.10. The van der Waals surface area contributed by atoms with Crippen molar-refractivity contribution < 1.29 is 50.0 Å². The van der Waals surface area contributed by atoms with Gasteiger partial charge in [0.2, 0.25) is 0 Å². The predicted octanol–water partition coefficient (Wildman–Crippen LogP) is 1.67. The minimum absolute atomic E-state index is 0.0932. The van der Waals surface area contributed by atoms with Crippen molar-refractivity contribution in [2.45, 2.75) is 153 Å². The Bertz CT molecular complexity index is 1020. The maximum Gasteiger partial charge on any atom is 0.186 e. The highest BCUT2D eigenvalue weighted by molar-refractivity contribution is 5.83. The molecule has 4 saturated carbocycles. The number of aliphatic hydroxyl groups is 7. The van der Waals surface area contributed by atoms with Gasteiger partial charge in [0.05, 0.1) is 30.0 Å². The van der Waals surface area contributed by atoms with Crippen molar-refractivity contribution in [1.82, 2.24) is 0 Å². The molecule has 15 atom stereocenters. The average molecular weight is 613 g/mol. The van der Waals surface area contributed by atoms with Gasteiger partial charge in [0.15, 0.2) is 6.29 Å². The number of hydrogen-bond acceptors (Lipinski definition) is 10. The van der Waals surface area contributed by atoms with E-state index < -0.39 is 66.1 Å². The number of hydrogen-bond donors (Lipinski definition) is 7. The summed E-state index contributed by atoms with van der Waals surface area (Å²) >= 11 is 0. The Hall–Kier alpha value is -0.690. The number of fused-ring (bicyclic) bond motifs is 5. The van der Waals surface area contributed by atoms with Crippen LogP contribution in [0.5, 0.6) is 0 Å². The van der Waals surface area contributed by atoms with Crippen LogP contribution >= 0.6 is 0 Å². The second kappa shape index (κ2) is 11.8. The van der Waals surface area contributed by atoms with Crippen LogP contribution in [0.25, 0.3) is 0 Å². The Kier molecular flexibility index (Phi) is 9.27. The lowest BCUT2D eigenvalue weighted by Gasteiger charge is -2.63. The molecular formula is C33H56O10. The number of ether oxygens (including phenoxy) is 2. The molecule has 0 aromatic carbocycles. The van der Waals surface area contributed by atoms with E-state index in [0.29, 0.717) is 50.9 Å². The van der Waals surface area contributed by atoms with Crippen molar-refractivity contribution in [3.63, 3.8) is 0 Å². The normalized spacial score (nSPS) is 50.5. The molecule has 0 aromatic rings. The minimum Gasteiger partial charge on any atom is -0.394 e. The summed E-state index contributed by atoms with van der Waals surface area (Å²) in [4.78, 5) is 13.9. The molecule has 10 nitrogen and oxygen atoms in total. The maximum atomic E-state index is 13.9. The van der Waals surface area contributed by atoms with Gasteiger partial charge in [0.25, 0.3) is 0 Å². The molecule has 10 heteroatoms. The van der Waals surface area contributed by atoms with Crippen LogP contribution in [0.2, 0.25) is 0 Å². The zero-order valence-electron chi connectivity index (χ0n) is 26.6. The summed E-state index contributed by atoms with van der Waals surface area (Å²) in [7, 11) is 0. The first-order chi connectivity index (χ1) is 20.0. The van der Waals surface area contributed by atoms with Gasteiger partial charge in [0, 0.05) is 17.8 Å². The standard InChI is InChI=1S/C33H56O10/c1-17(2)6-7-25(36)32(5,40)24-10-13-33(41)20-15-22(35)21-14-18(8-11-30(21,3)19(20)9-12-31(24,33)4)42-29-28(39)27(38)26(37)23(16-34)43-29/h17-21,23-29,34,36-41H,6-16H2,1-5H3/t18-,19-,20+,21+,23+,24-,25+,26+,27+,28+,29+,30+,31+,32+,33+/m0/s1. The first-order valence-electron chi connectivity index (χ1n) is 16.6. The Morgan fingerprint density at radius 3 is 2.35 bits per heavy atom. The van der Waals surface area contributed by atoms with Crippen LogP contribution in [0.15, 0.2) is 0 Å². The van der Waals surface area contributed by atoms with E-state index in [1.807, 2.05) is 0 Å². The second-order valence-corrected chi connectivity index (χ2v) is 15.9. The summed E-state index contributed by atoms with van der Waals surface area (Å²) in [5.74, 6) is -0.167. The highest BCUT2D eigenvalue weighted by Crippen LogP contribution is 2.70. The van der Waals surface area contributed by atoms with E-state index in [0.717, 1.165) is 12.8 Å². The fourth-order valence-corrected chi connectivity index (χ4v) is 10.4. The quantitative estimate of drug-likeness (QED) is 0.200. The van der Waals surface area contributed by atoms with E-state index in [9.17, 15) is 40.5 Å². The molecule has 0 radical (unpaired) electrons. The number of aliphatic hydroxyl groups excluding tert-OH is 5. The lowest BCUT2D eigenvalue weighted by atomic mass is 9.42. The first-order valence-corrected chi connectivity index (χ1v) is 16.6. The highest BCUT2D eigenvalue weighted by atomic mass is 16.7. The van der Waals surface area contributed by atoms with Gasteiger partial charge in [-0.15, -0.1) is 0 Å². The van der Waals surface area contributed by atoms with Crippen LogP contribution < -0.4 is 0 Å². The van der Waals surface area contributed by atoms with E-state index in [-0.39, 0.29) is 41.3 Å². The molecule has 1 aliphatic heterocycles. The lowest BCUT2D eigenvalue weighted by Crippen LogP contribution is -2.66. The summed E-state index contributed by atoms with van der Waals surface area (Å²) in [5, 5.41) is 75.7. The molecule has 0 amide bonds. The van der Waals surface area contributed by atoms with Crippen molar-refractivity contribution in [3.05, 3.63) is 0 Å². The zero-order valence-corrected chi connectivity index (χ0v) is 26.6. The number of carbonyl (C=O) groups excluding carboxylic acids is 1. The molecule has 0 unspecified atom stereocenters. The third-order valence-corrected chi connectivity index (χ3v) is 13.2. The van der Waals surface area contributed by atoms with Crippen molar-refractivity contribution in [3.8, 4) is 0 Å². The summed E-state index contributed by atoms with van der Waals surface area (Å²) in [6, 6.07) is 0. The Morgan fingerprint density at radius 2 is 1.70 bits per heavy atom. The Morgan fingerprint density at radius 1 is 1.00 bits per heavy atom. The fourth-order valence-electron chi connectivity index (χ4n) is 10.4. The second-order valence-electron chi connectivity index (χ2n) is 15.9. The van der Waals surface area contributed by atoms with Crippen molar-refractivity contribution in [2.24, 2.45) is 40.4 Å². The van der Waals surface area contributed by atoms with Crippen LogP contribution in [-0.2, 0) is 14.3 Å². The molecule has 0 spiro atoms. The van der Waals surface area contributed by atoms with Crippen LogP contribution in [0.4, 0.5) is 0 Å². The predicted molar refractivity (Wildman–Crippen MR) is 156 cm³/mol. The van der Waals surface area contributed by atoms with Gasteiger partial charge in [-0.25, -0.2) is 0 Å². The van der Waals surface area contributed by atoms with Gasteiger partial charge in [-0.05, 0) is 93.8 Å². The molecule has 4 aliphatic carbocycles. The molecule has 1 heterocycles. The number of rotatable bonds is 8. The average Bonchev–Trinajstić information content (AvgIpc) is 3.24. The molecule has 5 rings (SSSR count). The summed E-state index contributed by atoms with van der Waals surface area (Å²) in [6.45, 7) is 9.62. The number of Topliss-reactive ketones (excluding diaryl/α,β-unsaturated/α-hetero) is 1. The zero-order chi connectivity index (χ0) is 31.7. The summed E-state index contributed by atoms with van der Waals surface area (Å²) in [5.41, 5.74) is -3.42. The smallest absolute Gasteiger partial charge is 0.186 e. The van der Waals surface area contributed by atoms with Crippen LogP contribution in [0.1, 0.15) is 98.8 Å². The summed E-state index contributed by atoms with van der Waals surface area (Å²) < 4.78 is 11.7. The third-order valence-electron chi connectivity index (χ3n) is 13.2. The molecule has 7 N–H and O–H groups in total. The largest absolute Gasteiger partial charge is 0.394 e. The van der Waals surface area contributed by atoms with E-state index in [1.165, 1.54) is 0 Å². The van der Waals surface area contributed by atoms with Crippen molar-refractivity contribution in [1.29, 1.82) is 0 Å². The first kappa shape index (κ1) is 33.7. The molecule has 1 saturated heterocycles. The maximum absolute atomic E-state index is 13.9. The minimum atomic E-state index is -1.52. The third kappa shape index (κ3) is 5.34. The van der Waals surface area contributed by atoms with E-state index in [1.54, 1.807) is 6.92 Å². The van der Waals surface area contributed by atoms with Gasteiger partial charge in [0.1, 0.15) is 30.2 Å². The van der Waals surface area contributed by atoms with Gasteiger partial charge in [-0.3, -0.25) is 4.79 Å². The Labute approximate surface area is 255 Å². The lowest BCUT2D eigenvalue weighted by molar-refractivity contribution is -0.316. The van der Waals surface area contributed by atoms with Crippen LogP contribution in [0, 0.1) is 40.4 Å². The van der Waals surface area contributed by atoms with Gasteiger partial charge in [-0.2, -0.15) is 0 Å². The van der Waals surface area contributed by atoms with Gasteiger partial charge in [-0.1, -0.05) is 27.7 Å². The van der Waals surface area contributed by atoms with Crippen molar-refractivity contribution in [2.75, 3.05) is 6.61 Å². The molecule has 248 valence electrons. The van der Waals surface area contributed by atoms with Crippen molar-refractivity contribution >= 4 is 5.78 Å². The topological polar surface area (TPSA) is 177 Å². The van der Waals surface area contributed by atoms with Gasteiger partial charge >= 0.3 is 0 Å². The monoisotopic (exact) mass is 612 g/mol. The molecule has 0 aromatic heterocycles. The number of ketones is 1. The highest BCUT2D eigenvalue weighted by Gasteiger charge is 2.71. The fraction of sp³-hybridized carbons (Fsp3) is 0.970. The SMILES string of the molecule is CC(C)CC[C@@H](O)[C@](C)(O)[C@H]1CC[C@@]2(O)[C@@H]3CC(=O)[C@H]4C[C@@H](O[C@@H]5O[C@H](CO)[C@@H](O)[C@@H](O)[C@H]5O)CC[C@]4(C)[C@H]3CC[C@]12C. The molecular weight excluding hydrogens is 556 g/mol. The van der Waals surface area contributed by atoms with Gasteiger partial charge < -0.3 is 45.2 Å². The number of carbonyl (C=O) groups is 1. The Balaban J connectivity index is 1.31. The van der Waals surface area contributed by atoms with Crippen LogP contribution in [-0.4, -0.2) is 102 Å². The molecule has 0 bridgehead atoms.